The van der Waals surface area contributed by atoms with E-state index in [1.54, 1.807) is 23.1 Å². The number of piperidine rings is 1. The number of furan rings is 1. The molecule has 3 rings (SSSR count). The van der Waals surface area contributed by atoms with Gasteiger partial charge in [0, 0.05) is 37.5 Å². The first-order valence-electron chi connectivity index (χ1n) is 9.87. The van der Waals surface area contributed by atoms with Crippen LogP contribution >= 0.6 is 0 Å². The summed E-state index contributed by atoms with van der Waals surface area (Å²) in [5, 5.41) is 15.5. The maximum Gasteiger partial charge on any atom is 0.313 e. The second kappa shape index (κ2) is 10.3. The molecule has 1 saturated heterocycles. The van der Waals surface area contributed by atoms with Gasteiger partial charge in [-0.15, -0.1) is 0 Å². The lowest BCUT2D eigenvalue weighted by molar-refractivity contribution is -0.387. The fraction of sp³-hybridized carbons (Fsp3) is 0.286. The molecular formula is C21H21FN4O6. The van der Waals surface area contributed by atoms with Crippen molar-refractivity contribution in [3.8, 4) is 0 Å². The first-order chi connectivity index (χ1) is 15.3. The minimum absolute atomic E-state index is 0.0623. The summed E-state index contributed by atoms with van der Waals surface area (Å²) in [5.41, 5.74) is -0.865. The Morgan fingerprint density at radius 2 is 1.97 bits per heavy atom. The molecule has 1 aromatic heterocycles. The number of hydrogen-bond acceptors (Lipinski definition) is 6. The van der Waals surface area contributed by atoms with Crippen LogP contribution < -0.4 is 10.6 Å². The molecule has 0 atom stereocenters. The van der Waals surface area contributed by atoms with Gasteiger partial charge in [0.2, 0.25) is 11.7 Å². The fourth-order valence-corrected chi connectivity index (χ4v) is 3.24. The number of hydrogen-bond donors (Lipinski definition) is 2. The van der Waals surface area contributed by atoms with Crippen LogP contribution in [0.1, 0.15) is 18.6 Å². The van der Waals surface area contributed by atoms with Gasteiger partial charge in [-0.1, -0.05) is 0 Å². The van der Waals surface area contributed by atoms with Crippen LogP contribution in [0.2, 0.25) is 0 Å². The van der Waals surface area contributed by atoms with Crippen LogP contribution in [0.15, 0.2) is 47.1 Å². The molecule has 168 valence electrons. The molecule has 0 aliphatic carbocycles. The molecule has 2 heterocycles. The number of anilines is 1. The first kappa shape index (κ1) is 22.7. The highest BCUT2D eigenvalue weighted by atomic mass is 19.1. The summed E-state index contributed by atoms with van der Waals surface area (Å²) >= 11 is 0. The smallest absolute Gasteiger partial charge is 0.313 e. The molecule has 0 unspecified atom stereocenters. The van der Waals surface area contributed by atoms with Crippen molar-refractivity contribution in [3.63, 3.8) is 0 Å². The van der Waals surface area contributed by atoms with Crippen molar-refractivity contribution in [1.29, 1.82) is 0 Å². The third-order valence-corrected chi connectivity index (χ3v) is 5.02. The molecule has 0 radical (unpaired) electrons. The zero-order valence-electron chi connectivity index (χ0n) is 17.0. The van der Waals surface area contributed by atoms with Crippen LogP contribution in [-0.2, 0) is 14.4 Å². The molecule has 0 bridgehead atoms. The van der Waals surface area contributed by atoms with E-state index in [-0.39, 0.29) is 24.1 Å². The number of nitrogens with zero attached hydrogens (tertiary/aromatic N) is 2. The summed E-state index contributed by atoms with van der Waals surface area (Å²) in [6, 6.07) is 6.28. The molecule has 2 aromatic rings. The predicted octanol–water partition coefficient (Wildman–Crippen LogP) is 2.33. The largest absolute Gasteiger partial charge is 0.465 e. The Labute approximate surface area is 182 Å². The van der Waals surface area contributed by atoms with Gasteiger partial charge < -0.3 is 20.0 Å². The van der Waals surface area contributed by atoms with E-state index in [1.165, 1.54) is 12.3 Å². The van der Waals surface area contributed by atoms with Crippen LogP contribution in [0.5, 0.6) is 0 Å². The summed E-state index contributed by atoms with van der Waals surface area (Å²) in [7, 11) is 0. The number of halogens is 1. The van der Waals surface area contributed by atoms with Crippen LogP contribution in [0, 0.1) is 21.8 Å². The van der Waals surface area contributed by atoms with Gasteiger partial charge in [-0.25, -0.2) is 0 Å². The summed E-state index contributed by atoms with van der Waals surface area (Å²) < 4.78 is 18.5. The van der Waals surface area contributed by atoms with Crippen molar-refractivity contribution in [2.45, 2.75) is 12.8 Å². The van der Waals surface area contributed by atoms with E-state index in [0.717, 1.165) is 18.2 Å². The topological polar surface area (TPSA) is 135 Å². The third kappa shape index (κ3) is 6.00. The lowest BCUT2D eigenvalue weighted by Crippen LogP contribution is -2.43. The van der Waals surface area contributed by atoms with Gasteiger partial charge in [0.15, 0.2) is 0 Å². The molecule has 0 saturated carbocycles. The zero-order valence-corrected chi connectivity index (χ0v) is 17.0. The Bertz CT molecular complexity index is 1030. The third-order valence-electron chi connectivity index (χ3n) is 5.02. The Morgan fingerprint density at radius 3 is 2.62 bits per heavy atom. The van der Waals surface area contributed by atoms with E-state index in [2.05, 4.69) is 10.6 Å². The molecule has 1 aliphatic heterocycles. The number of likely N-dealkylation sites (tertiary alicyclic amines) is 1. The molecular weight excluding hydrogens is 423 g/mol. The molecule has 1 aromatic carbocycles. The monoisotopic (exact) mass is 444 g/mol. The van der Waals surface area contributed by atoms with E-state index in [9.17, 15) is 28.9 Å². The summed E-state index contributed by atoms with van der Waals surface area (Å²) in [6.07, 6.45) is 5.89. The Kier molecular flexibility index (Phi) is 7.32. The predicted molar refractivity (Wildman–Crippen MR) is 112 cm³/mol. The Hall–Kier alpha value is -4.02. The van der Waals surface area contributed by atoms with Gasteiger partial charge in [-0.2, -0.15) is 4.39 Å². The van der Waals surface area contributed by atoms with Crippen LogP contribution in [0.3, 0.4) is 0 Å². The SMILES string of the molecule is O=C(NCC1CCN(C(=O)/C=C/c2ccco2)CC1)C(=O)Nc1ccc(F)c([N+](=O)[O-])c1. The van der Waals surface area contributed by atoms with Gasteiger partial charge in [0.1, 0.15) is 5.76 Å². The number of carbonyl (C=O) groups excluding carboxylic acids is 3. The van der Waals surface area contributed by atoms with Crippen molar-refractivity contribution in [1.82, 2.24) is 10.2 Å². The molecule has 3 amide bonds. The quantitative estimate of drug-likeness (QED) is 0.304. The van der Waals surface area contributed by atoms with Gasteiger partial charge >= 0.3 is 17.5 Å². The number of carbonyl (C=O) groups is 3. The molecule has 1 fully saturated rings. The van der Waals surface area contributed by atoms with Crippen molar-refractivity contribution in [2.75, 3.05) is 25.0 Å². The van der Waals surface area contributed by atoms with Crippen LogP contribution in [0.25, 0.3) is 6.08 Å². The average molecular weight is 444 g/mol. The number of rotatable bonds is 6. The minimum atomic E-state index is -1.04. The van der Waals surface area contributed by atoms with Crippen molar-refractivity contribution >= 4 is 35.2 Å². The molecule has 32 heavy (non-hydrogen) atoms. The van der Waals surface area contributed by atoms with Crippen LogP contribution in [-0.4, -0.2) is 47.2 Å². The summed E-state index contributed by atoms with van der Waals surface area (Å²) in [4.78, 5) is 47.8. The highest BCUT2D eigenvalue weighted by Crippen LogP contribution is 2.21. The van der Waals surface area contributed by atoms with E-state index < -0.39 is 28.2 Å². The molecule has 1 aliphatic rings. The number of benzene rings is 1. The zero-order chi connectivity index (χ0) is 23.1. The molecule has 0 spiro atoms. The molecule has 10 nitrogen and oxygen atoms in total. The highest BCUT2D eigenvalue weighted by Gasteiger charge is 2.23. The van der Waals surface area contributed by atoms with Gasteiger partial charge in [-0.05, 0) is 49.1 Å². The maximum absolute atomic E-state index is 13.4. The van der Waals surface area contributed by atoms with Crippen molar-refractivity contribution in [3.05, 3.63) is 64.4 Å². The van der Waals surface area contributed by atoms with Gasteiger partial charge in [0.25, 0.3) is 0 Å². The normalized spacial score (nSPS) is 14.3. The Morgan fingerprint density at radius 1 is 1.22 bits per heavy atom. The van der Waals surface area contributed by atoms with Crippen LogP contribution in [0.4, 0.5) is 15.8 Å². The summed E-state index contributed by atoms with van der Waals surface area (Å²) in [6.45, 7) is 1.29. The fourth-order valence-electron chi connectivity index (χ4n) is 3.24. The molecule has 2 N–H and O–H groups in total. The first-order valence-corrected chi connectivity index (χ1v) is 9.87. The van der Waals surface area contributed by atoms with E-state index >= 15 is 0 Å². The Balaban J connectivity index is 1.42. The second-order valence-electron chi connectivity index (χ2n) is 7.20. The van der Waals surface area contributed by atoms with Crippen molar-refractivity contribution in [2.24, 2.45) is 5.92 Å². The van der Waals surface area contributed by atoms with E-state index in [4.69, 9.17) is 4.42 Å². The standard InChI is InChI=1S/C21H21FN4O6/c22-17-5-3-15(12-18(17)26(30)31)24-21(29)20(28)23-13-14-7-9-25(10-8-14)19(27)6-4-16-2-1-11-32-16/h1-6,11-12,14H,7-10,13H2,(H,23,28)(H,24,29)/b6-4+. The average Bonchev–Trinajstić information content (AvgIpc) is 3.31. The highest BCUT2D eigenvalue weighted by molar-refractivity contribution is 6.39. The van der Waals surface area contributed by atoms with Crippen molar-refractivity contribution < 1.29 is 28.1 Å². The number of nitro groups is 1. The minimum Gasteiger partial charge on any atom is -0.465 e. The van der Waals surface area contributed by atoms with E-state index in [1.807, 2.05) is 0 Å². The maximum atomic E-state index is 13.4. The number of nitrogens with one attached hydrogen (secondary N) is 2. The summed E-state index contributed by atoms with van der Waals surface area (Å²) in [5.74, 6) is -2.41. The number of amides is 3. The van der Waals surface area contributed by atoms with E-state index in [0.29, 0.717) is 31.7 Å². The van der Waals surface area contributed by atoms with Gasteiger partial charge in [0.05, 0.1) is 11.2 Å². The molecule has 11 heteroatoms. The lowest BCUT2D eigenvalue weighted by atomic mass is 9.96. The number of nitro benzene ring substituents is 1. The second-order valence-corrected chi connectivity index (χ2v) is 7.20. The lowest BCUT2D eigenvalue weighted by Gasteiger charge is -2.31. The van der Waals surface area contributed by atoms with Gasteiger partial charge in [-0.3, -0.25) is 24.5 Å².